The van der Waals surface area contributed by atoms with Crippen LogP contribution < -0.4 is 20.1 Å². The van der Waals surface area contributed by atoms with Gasteiger partial charge in [0.15, 0.2) is 18.1 Å². The lowest BCUT2D eigenvalue weighted by Crippen LogP contribution is -2.39. The van der Waals surface area contributed by atoms with Gasteiger partial charge in [-0.2, -0.15) is 0 Å². The van der Waals surface area contributed by atoms with Crippen LogP contribution in [0.1, 0.15) is 6.92 Å². The van der Waals surface area contributed by atoms with Crippen LogP contribution >= 0.6 is 0 Å². The average molecular weight is 370 g/mol. The summed E-state index contributed by atoms with van der Waals surface area (Å²) in [5.74, 6) is -0.418. The fourth-order valence-electron chi connectivity index (χ4n) is 2.44. The number of fused-ring (bicyclic) bond motifs is 1. The van der Waals surface area contributed by atoms with E-state index >= 15 is 0 Å². The molecule has 0 radical (unpaired) electrons. The molecule has 1 aliphatic heterocycles. The summed E-state index contributed by atoms with van der Waals surface area (Å²) in [7, 11) is 0. The topological polar surface area (TPSA) is 103 Å². The molecule has 0 saturated heterocycles. The van der Waals surface area contributed by atoms with E-state index in [0.717, 1.165) is 0 Å². The summed E-state index contributed by atoms with van der Waals surface area (Å²) in [5, 5.41) is 5.20. The number of para-hydroxylation sites is 2. The SMILES string of the molecule is CC(=O)Nc1cccc(NC(=O)COC(=O)[C@@H]2COc3ccccc3O2)c1. The highest BCUT2D eigenvalue weighted by Crippen LogP contribution is 2.31. The summed E-state index contributed by atoms with van der Waals surface area (Å²) in [6, 6.07) is 13.6. The lowest BCUT2D eigenvalue weighted by molar-refractivity contribution is -0.156. The van der Waals surface area contributed by atoms with Crippen LogP contribution in [0.4, 0.5) is 11.4 Å². The van der Waals surface area contributed by atoms with E-state index in [4.69, 9.17) is 14.2 Å². The Morgan fingerprint density at radius 1 is 1.04 bits per heavy atom. The molecule has 0 saturated carbocycles. The number of ether oxygens (including phenoxy) is 3. The van der Waals surface area contributed by atoms with Gasteiger partial charge in [0.25, 0.3) is 5.91 Å². The maximum atomic E-state index is 12.1. The maximum Gasteiger partial charge on any atom is 0.351 e. The minimum atomic E-state index is -0.934. The quantitative estimate of drug-likeness (QED) is 0.780. The Kier molecular flexibility index (Phi) is 5.55. The molecule has 0 bridgehead atoms. The molecule has 27 heavy (non-hydrogen) atoms. The molecule has 1 aliphatic rings. The second kappa shape index (κ2) is 8.22. The van der Waals surface area contributed by atoms with Crippen molar-refractivity contribution in [3.8, 4) is 11.5 Å². The predicted molar refractivity (Wildman–Crippen MR) is 96.7 cm³/mol. The van der Waals surface area contributed by atoms with Crippen molar-refractivity contribution in [2.24, 2.45) is 0 Å². The Morgan fingerprint density at radius 3 is 2.48 bits per heavy atom. The number of hydrogen-bond acceptors (Lipinski definition) is 6. The standard InChI is InChI=1S/C19H18N2O6/c1-12(22)20-13-5-4-6-14(9-13)21-18(23)11-26-19(24)17-10-25-15-7-2-3-8-16(15)27-17/h2-9,17H,10-11H2,1H3,(H,20,22)(H,21,23)/t17-/m0/s1. The van der Waals surface area contributed by atoms with Gasteiger partial charge in [-0.15, -0.1) is 0 Å². The molecule has 0 fully saturated rings. The first-order chi connectivity index (χ1) is 13.0. The van der Waals surface area contributed by atoms with Crippen LogP contribution in [0.15, 0.2) is 48.5 Å². The van der Waals surface area contributed by atoms with Crippen LogP contribution in [0, 0.1) is 0 Å². The summed E-state index contributed by atoms with van der Waals surface area (Å²) in [4.78, 5) is 35.1. The number of hydrogen-bond donors (Lipinski definition) is 2. The zero-order valence-corrected chi connectivity index (χ0v) is 14.6. The lowest BCUT2D eigenvalue weighted by atomic mass is 10.2. The number of carbonyl (C=O) groups is 3. The smallest absolute Gasteiger partial charge is 0.351 e. The molecule has 0 aromatic heterocycles. The molecule has 1 atom stereocenters. The molecule has 0 spiro atoms. The van der Waals surface area contributed by atoms with Gasteiger partial charge in [0.2, 0.25) is 12.0 Å². The predicted octanol–water partition coefficient (Wildman–Crippen LogP) is 1.97. The molecule has 140 valence electrons. The number of amides is 2. The van der Waals surface area contributed by atoms with E-state index in [-0.39, 0.29) is 12.5 Å². The summed E-state index contributed by atoms with van der Waals surface area (Å²) in [6.45, 7) is 0.932. The van der Waals surface area contributed by atoms with Crippen molar-refractivity contribution in [3.05, 3.63) is 48.5 Å². The first kappa shape index (κ1) is 18.2. The van der Waals surface area contributed by atoms with Crippen LogP contribution in [-0.2, 0) is 19.1 Å². The monoisotopic (exact) mass is 370 g/mol. The van der Waals surface area contributed by atoms with Gasteiger partial charge in [0.05, 0.1) is 0 Å². The van der Waals surface area contributed by atoms with E-state index in [2.05, 4.69) is 10.6 Å². The van der Waals surface area contributed by atoms with Gasteiger partial charge in [-0.05, 0) is 30.3 Å². The van der Waals surface area contributed by atoms with Crippen LogP contribution in [0.2, 0.25) is 0 Å². The maximum absolute atomic E-state index is 12.1. The number of benzene rings is 2. The molecule has 0 unspecified atom stereocenters. The number of esters is 1. The first-order valence-corrected chi connectivity index (χ1v) is 8.24. The molecular formula is C19H18N2O6. The molecule has 2 N–H and O–H groups in total. The van der Waals surface area contributed by atoms with Crippen molar-refractivity contribution in [2.45, 2.75) is 13.0 Å². The normalized spacial score (nSPS) is 14.8. The van der Waals surface area contributed by atoms with E-state index < -0.39 is 24.6 Å². The Labute approximate surface area is 155 Å². The second-order valence-electron chi connectivity index (χ2n) is 5.78. The lowest BCUT2D eigenvalue weighted by Gasteiger charge is -2.24. The Hall–Kier alpha value is -3.55. The summed E-state index contributed by atoms with van der Waals surface area (Å²) >= 11 is 0. The average Bonchev–Trinajstić information content (AvgIpc) is 2.65. The second-order valence-corrected chi connectivity index (χ2v) is 5.78. The third kappa shape index (κ3) is 4.97. The van der Waals surface area contributed by atoms with Crippen molar-refractivity contribution in [1.29, 1.82) is 0 Å². The minimum Gasteiger partial charge on any atom is -0.485 e. The van der Waals surface area contributed by atoms with Crippen LogP contribution in [0.5, 0.6) is 11.5 Å². The number of anilines is 2. The molecule has 8 nitrogen and oxygen atoms in total. The Balaban J connectivity index is 1.49. The molecule has 2 aromatic carbocycles. The fourth-order valence-corrected chi connectivity index (χ4v) is 2.44. The van der Waals surface area contributed by atoms with E-state index in [1.54, 1.807) is 48.5 Å². The molecule has 8 heteroatoms. The highest BCUT2D eigenvalue weighted by atomic mass is 16.6. The molecular weight excluding hydrogens is 352 g/mol. The molecule has 3 rings (SSSR count). The third-order valence-electron chi connectivity index (χ3n) is 3.58. The molecule has 2 amide bonds. The number of rotatable bonds is 5. The van der Waals surface area contributed by atoms with Crippen LogP contribution in [0.3, 0.4) is 0 Å². The number of nitrogens with one attached hydrogen (secondary N) is 2. The number of carbonyl (C=O) groups excluding carboxylic acids is 3. The third-order valence-corrected chi connectivity index (χ3v) is 3.58. The van der Waals surface area contributed by atoms with Gasteiger partial charge in [-0.3, -0.25) is 9.59 Å². The van der Waals surface area contributed by atoms with Crippen molar-refractivity contribution in [1.82, 2.24) is 0 Å². The summed E-state index contributed by atoms with van der Waals surface area (Å²) in [5.41, 5.74) is 1.01. The van der Waals surface area contributed by atoms with Crippen molar-refractivity contribution < 1.29 is 28.6 Å². The van der Waals surface area contributed by atoms with Gasteiger partial charge in [0, 0.05) is 18.3 Å². The fraction of sp³-hybridized carbons (Fsp3) is 0.211. The summed E-state index contributed by atoms with van der Waals surface area (Å²) in [6.07, 6.45) is -0.934. The minimum absolute atomic E-state index is 0.0101. The molecule has 0 aliphatic carbocycles. The van der Waals surface area contributed by atoms with Crippen molar-refractivity contribution in [3.63, 3.8) is 0 Å². The Bertz CT molecular complexity index is 867. The van der Waals surface area contributed by atoms with Gasteiger partial charge < -0.3 is 24.8 Å². The van der Waals surface area contributed by atoms with Gasteiger partial charge in [0.1, 0.15) is 6.61 Å². The molecule has 2 aromatic rings. The van der Waals surface area contributed by atoms with Crippen LogP contribution in [0.25, 0.3) is 0 Å². The highest BCUT2D eigenvalue weighted by Gasteiger charge is 2.29. The molecule has 1 heterocycles. The van der Waals surface area contributed by atoms with Gasteiger partial charge in [-0.25, -0.2) is 4.79 Å². The van der Waals surface area contributed by atoms with Crippen molar-refractivity contribution >= 4 is 29.2 Å². The zero-order chi connectivity index (χ0) is 19.2. The van der Waals surface area contributed by atoms with Gasteiger partial charge >= 0.3 is 5.97 Å². The largest absolute Gasteiger partial charge is 0.485 e. The van der Waals surface area contributed by atoms with E-state index in [1.807, 2.05) is 0 Å². The zero-order valence-electron chi connectivity index (χ0n) is 14.6. The Morgan fingerprint density at radius 2 is 1.74 bits per heavy atom. The van der Waals surface area contributed by atoms with E-state index in [0.29, 0.717) is 22.9 Å². The highest BCUT2D eigenvalue weighted by molar-refractivity contribution is 5.94. The van der Waals surface area contributed by atoms with E-state index in [1.165, 1.54) is 6.92 Å². The first-order valence-electron chi connectivity index (χ1n) is 8.24. The van der Waals surface area contributed by atoms with E-state index in [9.17, 15) is 14.4 Å². The summed E-state index contributed by atoms with van der Waals surface area (Å²) < 4.78 is 16.0. The van der Waals surface area contributed by atoms with Crippen molar-refractivity contribution in [2.75, 3.05) is 23.8 Å². The van der Waals surface area contributed by atoms with Gasteiger partial charge in [-0.1, -0.05) is 18.2 Å². The van der Waals surface area contributed by atoms with Crippen LogP contribution in [-0.4, -0.2) is 37.1 Å².